The van der Waals surface area contributed by atoms with Gasteiger partial charge in [0.05, 0.1) is 17.6 Å². The summed E-state index contributed by atoms with van der Waals surface area (Å²) in [7, 11) is 0. The van der Waals surface area contributed by atoms with Crippen LogP contribution in [-0.4, -0.2) is 22.8 Å². The molecule has 0 heterocycles. The Morgan fingerprint density at radius 3 is 2.04 bits per heavy atom. The third-order valence-corrected chi connectivity index (χ3v) is 4.57. The number of ether oxygens (including phenoxy) is 1. The van der Waals surface area contributed by atoms with Gasteiger partial charge < -0.3 is 14.9 Å². The molecule has 0 aliphatic carbocycles. The van der Waals surface area contributed by atoms with Gasteiger partial charge in [0.1, 0.15) is 11.5 Å². The van der Waals surface area contributed by atoms with E-state index in [1.54, 1.807) is 13.8 Å². The Morgan fingerprint density at radius 2 is 1.54 bits per heavy atom. The number of aryl methyl sites for hydroxylation is 2. The molecule has 0 saturated carbocycles. The van der Waals surface area contributed by atoms with E-state index >= 15 is 0 Å². The lowest BCUT2D eigenvalue weighted by Crippen LogP contribution is -2.31. The van der Waals surface area contributed by atoms with Crippen LogP contribution in [0.4, 0.5) is 0 Å². The molecule has 0 saturated heterocycles. The number of carbonyl (C=O) groups excluding carboxylic acids is 1. The third-order valence-electron chi connectivity index (χ3n) is 4.57. The summed E-state index contributed by atoms with van der Waals surface area (Å²) in [5, 5.41) is 21.1. The molecule has 0 fully saturated rings. The quantitative estimate of drug-likeness (QED) is 0.564. The van der Waals surface area contributed by atoms with Crippen LogP contribution >= 0.6 is 0 Å². The zero-order chi connectivity index (χ0) is 19.5. The van der Waals surface area contributed by atoms with E-state index in [4.69, 9.17) is 4.74 Å². The maximum atomic E-state index is 12.4. The van der Waals surface area contributed by atoms with Gasteiger partial charge in [0, 0.05) is 0 Å². The van der Waals surface area contributed by atoms with E-state index in [9.17, 15) is 15.0 Å². The second kappa shape index (κ2) is 7.81. The maximum absolute atomic E-state index is 12.4. The number of hydrogen-bond acceptors (Lipinski definition) is 4. The van der Waals surface area contributed by atoms with Gasteiger partial charge in [0.15, 0.2) is 0 Å². The summed E-state index contributed by atoms with van der Waals surface area (Å²) in [4.78, 5) is 12.4. The van der Waals surface area contributed by atoms with Crippen molar-refractivity contribution in [1.82, 2.24) is 0 Å². The first kappa shape index (κ1) is 19.8. The fourth-order valence-electron chi connectivity index (χ4n) is 2.99. The zero-order valence-corrected chi connectivity index (χ0v) is 16.2. The van der Waals surface area contributed by atoms with Gasteiger partial charge in [-0.2, -0.15) is 0 Å². The molecule has 4 nitrogen and oxygen atoms in total. The normalized spacial score (nSPS) is 11.4. The number of benzene rings is 2. The summed E-state index contributed by atoms with van der Waals surface area (Å²) in [6, 6.07) is 8.92. The number of aromatic hydroxyl groups is 2. The Bertz CT molecular complexity index is 763. The van der Waals surface area contributed by atoms with Gasteiger partial charge in [-0.1, -0.05) is 42.7 Å². The van der Waals surface area contributed by atoms with Crippen molar-refractivity contribution in [3.05, 3.63) is 47.0 Å². The fourth-order valence-corrected chi connectivity index (χ4v) is 2.99. The molecule has 2 N–H and O–H groups in total. The van der Waals surface area contributed by atoms with E-state index in [0.29, 0.717) is 17.7 Å². The zero-order valence-electron chi connectivity index (χ0n) is 16.2. The van der Waals surface area contributed by atoms with Crippen molar-refractivity contribution in [3.8, 4) is 22.6 Å². The van der Waals surface area contributed by atoms with E-state index in [1.807, 2.05) is 39.0 Å². The fraction of sp³-hybridized carbons (Fsp3) is 0.409. The minimum atomic E-state index is -0.968. The first-order valence-electron chi connectivity index (χ1n) is 8.99. The van der Waals surface area contributed by atoms with E-state index in [0.717, 1.165) is 29.5 Å². The first-order valence-corrected chi connectivity index (χ1v) is 8.99. The molecule has 0 radical (unpaired) electrons. The molecular formula is C22H28O4. The van der Waals surface area contributed by atoms with Crippen LogP contribution in [-0.2, 0) is 14.9 Å². The lowest BCUT2D eigenvalue weighted by Gasteiger charge is -2.24. The summed E-state index contributed by atoms with van der Waals surface area (Å²) >= 11 is 0. The standard InChI is InChI=1S/C22H28O4/c1-6-7-8-26-21(25)22(4,5)17-12-18(23)20(19(24)13-17)16-10-14(2)9-15(3)11-16/h9-13,23-24H,6-8H2,1-5H3. The number of hydrogen-bond donors (Lipinski definition) is 2. The van der Waals surface area contributed by atoms with Crippen LogP contribution in [0.1, 0.15) is 50.3 Å². The predicted octanol–water partition coefficient (Wildman–Crippen LogP) is 5.00. The minimum Gasteiger partial charge on any atom is -0.507 e. The Morgan fingerprint density at radius 1 is 1.00 bits per heavy atom. The highest BCUT2D eigenvalue weighted by molar-refractivity contribution is 5.85. The lowest BCUT2D eigenvalue weighted by molar-refractivity contribution is -0.149. The second-order valence-corrected chi connectivity index (χ2v) is 7.38. The van der Waals surface area contributed by atoms with Crippen LogP contribution in [0, 0.1) is 13.8 Å². The number of unbranched alkanes of at least 4 members (excludes halogenated alkanes) is 1. The first-order chi connectivity index (χ1) is 12.2. The van der Waals surface area contributed by atoms with Crippen molar-refractivity contribution in [2.24, 2.45) is 0 Å². The lowest BCUT2D eigenvalue weighted by atomic mass is 9.83. The highest BCUT2D eigenvalue weighted by atomic mass is 16.5. The van der Waals surface area contributed by atoms with E-state index in [1.165, 1.54) is 12.1 Å². The Labute approximate surface area is 155 Å². The monoisotopic (exact) mass is 356 g/mol. The molecule has 0 bridgehead atoms. The Hall–Kier alpha value is -2.49. The molecule has 2 rings (SSSR count). The van der Waals surface area contributed by atoms with Gasteiger partial charge in [-0.15, -0.1) is 0 Å². The van der Waals surface area contributed by atoms with E-state index < -0.39 is 5.41 Å². The largest absolute Gasteiger partial charge is 0.507 e. The highest BCUT2D eigenvalue weighted by Crippen LogP contribution is 2.41. The summed E-state index contributed by atoms with van der Waals surface area (Å²) in [5.41, 5.74) is 2.75. The third kappa shape index (κ3) is 4.18. The average molecular weight is 356 g/mol. The van der Waals surface area contributed by atoms with Crippen LogP contribution in [0.2, 0.25) is 0 Å². The predicted molar refractivity (Wildman–Crippen MR) is 104 cm³/mol. The van der Waals surface area contributed by atoms with Crippen molar-refractivity contribution in [3.63, 3.8) is 0 Å². The highest BCUT2D eigenvalue weighted by Gasteiger charge is 2.33. The number of esters is 1. The SMILES string of the molecule is CCCCOC(=O)C(C)(C)c1cc(O)c(-c2cc(C)cc(C)c2)c(O)c1. The molecule has 0 amide bonds. The van der Waals surface area contributed by atoms with Gasteiger partial charge in [-0.25, -0.2) is 0 Å². The number of carbonyl (C=O) groups is 1. The molecule has 0 spiro atoms. The van der Waals surface area contributed by atoms with Crippen LogP contribution in [0.5, 0.6) is 11.5 Å². The molecule has 0 atom stereocenters. The Balaban J connectivity index is 2.41. The number of phenolic OH excluding ortho intramolecular Hbond substituents is 2. The minimum absolute atomic E-state index is 0.0561. The van der Waals surface area contributed by atoms with Crippen molar-refractivity contribution < 1.29 is 19.7 Å². The topological polar surface area (TPSA) is 66.8 Å². The molecule has 26 heavy (non-hydrogen) atoms. The number of phenols is 2. The van der Waals surface area contributed by atoms with Crippen LogP contribution in [0.3, 0.4) is 0 Å². The molecule has 140 valence electrons. The number of rotatable bonds is 6. The maximum Gasteiger partial charge on any atom is 0.315 e. The van der Waals surface area contributed by atoms with Gasteiger partial charge in [0.25, 0.3) is 0 Å². The molecule has 2 aromatic rings. The molecule has 0 aliphatic heterocycles. The second-order valence-electron chi connectivity index (χ2n) is 7.38. The van der Waals surface area contributed by atoms with Gasteiger partial charge in [-0.3, -0.25) is 4.79 Å². The van der Waals surface area contributed by atoms with Crippen molar-refractivity contribution in [2.75, 3.05) is 6.61 Å². The van der Waals surface area contributed by atoms with Crippen LogP contribution < -0.4 is 0 Å². The Kier molecular flexibility index (Phi) is 5.96. The summed E-state index contributed by atoms with van der Waals surface area (Å²) in [6.45, 7) is 9.79. The average Bonchev–Trinajstić information content (AvgIpc) is 2.53. The van der Waals surface area contributed by atoms with Crippen molar-refractivity contribution in [2.45, 2.75) is 52.9 Å². The summed E-state index contributed by atoms with van der Waals surface area (Å²) in [5.74, 6) is -0.484. The van der Waals surface area contributed by atoms with Crippen LogP contribution in [0.25, 0.3) is 11.1 Å². The molecule has 0 aromatic heterocycles. The smallest absolute Gasteiger partial charge is 0.315 e. The molecule has 2 aromatic carbocycles. The van der Waals surface area contributed by atoms with Crippen LogP contribution in [0.15, 0.2) is 30.3 Å². The van der Waals surface area contributed by atoms with E-state index in [2.05, 4.69) is 0 Å². The van der Waals surface area contributed by atoms with Gasteiger partial charge >= 0.3 is 5.97 Å². The molecule has 4 heteroatoms. The molecule has 0 unspecified atom stereocenters. The van der Waals surface area contributed by atoms with Crippen molar-refractivity contribution in [1.29, 1.82) is 0 Å². The summed E-state index contributed by atoms with van der Waals surface area (Å²) in [6.07, 6.45) is 1.75. The molecular weight excluding hydrogens is 328 g/mol. The van der Waals surface area contributed by atoms with Gasteiger partial charge in [0.2, 0.25) is 0 Å². The van der Waals surface area contributed by atoms with Gasteiger partial charge in [-0.05, 0) is 57.4 Å². The molecule has 0 aliphatic rings. The summed E-state index contributed by atoms with van der Waals surface area (Å²) < 4.78 is 5.33. The van der Waals surface area contributed by atoms with Crippen molar-refractivity contribution >= 4 is 5.97 Å². The van der Waals surface area contributed by atoms with E-state index in [-0.39, 0.29) is 17.5 Å².